The van der Waals surface area contributed by atoms with E-state index in [4.69, 9.17) is 0 Å². The summed E-state index contributed by atoms with van der Waals surface area (Å²) >= 11 is 3.05. The van der Waals surface area contributed by atoms with Crippen LogP contribution in [0.5, 0.6) is 0 Å². The number of nitrogens with one attached hydrogen (secondary N) is 1. The van der Waals surface area contributed by atoms with E-state index in [1.54, 1.807) is 11.3 Å². The van der Waals surface area contributed by atoms with Crippen molar-refractivity contribution in [3.05, 3.63) is 22.4 Å². The zero-order chi connectivity index (χ0) is 8.65. The Morgan fingerprint density at radius 1 is 1.67 bits per heavy atom. The molecule has 0 fully saturated rings. The average molecular weight is 201 g/mol. The van der Waals surface area contributed by atoms with E-state index >= 15 is 0 Å². The first-order chi connectivity index (χ1) is 5.93. The zero-order valence-electron chi connectivity index (χ0n) is 6.66. The van der Waals surface area contributed by atoms with Gasteiger partial charge in [0.1, 0.15) is 0 Å². The normalized spacial score (nSPS) is 10.0. The number of thioether (sulfide) groups is 1. The zero-order valence-corrected chi connectivity index (χ0v) is 8.29. The molecule has 0 unspecified atom stereocenters. The van der Waals surface area contributed by atoms with Crippen LogP contribution < -0.4 is 5.32 Å². The minimum absolute atomic E-state index is 0.856. The standard InChI is InChI=1S/C8H11NOS2/c10-7-11-5-3-9-6-8-2-1-4-12-8/h1-2,4,7,9H,3,5-6H2. The molecular formula is C8H11NOS2. The Kier molecular flexibility index (Phi) is 5.07. The Hall–Kier alpha value is -0.320. The number of hydrogen-bond acceptors (Lipinski definition) is 4. The van der Waals surface area contributed by atoms with E-state index in [-0.39, 0.29) is 0 Å². The lowest BCUT2D eigenvalue weighted by Crippen LogP contribution is -2.15. The van der Waals surface area contributed by atoms with Crippen molar-refractivity contribution in [1.29, 1.82) is 0 Å². The highest BCUT2D eigenvalue weighted by atomic mass is 32.2. The maximum absolute atomic E-state index is 9.93. The SMILES string of the molecule is O=CSCCNCc1cccs1. The lowest BCUT2D eigenvalue weighted by atomic mass is 10.4. The van der Waals surface area contributed by atoms with Gasteiger partial charge in [-0.1, -0.05) is 17.8 Å². The van der Waals surface area contributed by atoms with E-state index in [2.05, 4.69) is 16.8 Å². The van der Waals surface area contributed by atoms with Crippen molar-refractivity contribution in [2.45, 2.75) is 6.54 Å². The molecule has 1 N–H and O–H groups in total. The molecule has 0 aliphatic rings. The quantitative estimate of drug-likeness (QED) is 0.561. The van der Waals surface area contributed by atoms with Gasteiger partial charge in [-0.15, -0.1) is 11.3 Å². The van der Waals surface area contributed by atoms with Gasteiger partial charge in [-0.3, -0.25) is 4.79 Å². The van der Waals surface area contributed by atoms with Crippen LogP contribution in [-0.4, -0.2) is 17.9 Å². The molecule has 0 amide bonds. The Bertz CT molecular complexity index is 211. The molecule has 4 heteroatoms. The number of rotatable bonds is 6. The van der Waals surface area contributed by atoms with Gasteiger partial charge in [0.05, 0.1) is 0 Å². The van der Waals surface area contributed by atoms with Gasteiger partial charge >= 0.3 is 0 Å². The Morgan fingerprint density at radius 3 is 3.25 bits per heavy atom. The molecule has 1 aromatic rings. The highest BCUT2D eigenvalue weighted by Crippen LogP contribution is 2.07. The summed E-state index contributed by atoms with van der Waals surface area (Å²) < 4.78 is 0. The molecule has 0 aliphatic carbocycles. The second kappa shape index (κ2) is 6.22. The summed E-state index contributed by atoms with van der Waals surface area (Å²) in [7, 11) is 0. The van der Waals surface area contributed by atoms with Crippen LogP contribution in [0, 0.1) is 0 Å². The van der Waals surface area contributed by atoms with Crippen LogP contribution in [0.3, 0.4) is 0 Å². The van der Waals surface area contributed by atoms with E-state index in [1.165, 1.54) is 16.6 Å². The molecule has 2 nitrogen and oxygen atoms in total. The summed E-state index contributed by atoms with van der Waals surface area (Å²) in [6.07, 6.45) is 0. The molecule has 0 atom stereocenters. The largest absolute Gasteiger partial charge is 0.311 e. The van der Waals surface area contributed by atoms with Crippen molar-refractivity contribution >= 4 is 28.7 Å². The first-order valence-corrected chi connectivity index (χ1v) is 5.64. The van der Waals surface area contributed by atoms with Gasteiger partial charge in [0.2, 0.25) is 0 Å². The van der Waals surface area contributed by atoms with Gasteiger partial charge < -0.3 is 5.32 Å². The lowest BCUT2D eigenvalue weighted by Gasteiger charge is -1.99. The maximum atomic E-state index is 9.93. The van der Waals surface area contributed by atoms with Crippen molar-refractivity contribution < 1.29 is 4.79 Å². The van der Waals surface area contributed by atoms with Crippen LogP contribution in [0.4, 0.5) is 0 Å². The van der Waals surface area contributed by atoms with Gasteiger partial charge in [-0.25, -0.2) is 0 Å². The predicted molar refractivity (Wildman–Crippen MR) is 55.2 cm³/mol. The van der Waals surface area contributed by atoms with E-state index in [0.29, 0.717) is 0 Å². The van der Waals surface area contributed by atoms with Gasteiger partial charge in [0.25, 0.3) is 0 Å². The second-order valence-electron chi connectivity index (χ2n) is 2.22. The van der Waals surface area contributed by atoms with Crippen molar-refractivity contribution in [2.75, 3.05) is 12.3 Å². The minimum atomic E-state index is 0.856. The first-order valence-electron chi connectivity index (χ1n) is 3.72. The molecule has 12 heavy (non-hydrogen) atoms. The molecule has 66 valence electrons. The van der Waals surface area contributed by atoms with Gasteiger partial charge in [0, 0.05) is 23.7 Å². The maximum Gasteiger partial charge on any atom is 0.176 e. The van der Waals surface area contributed by atoms with Crippen LogP contribution in [0.1, 0.15) is 4.88 Å². The van der Waals surface area contributed by atoms with E-state index in [1.807, 2.05) is 6.07 Å². The number of carbonyl (C=O) groups is 1. The summed E-state index contributed by atoms with van der Waals surface area (Å²) in [6.45, 7) is 1.80. The van der Waals surface area contributed by atoms with Crippen molar-refractivity contribution in [2.24, 2.45) is 0 Å². The highest BCUT2D eigenvalue weighted by Gasteiger charge is 1.91. The predicted octanol–water partition coefficient (Wildman–Crippen LogP) is 1.76. The molecule has 0 saturated carbocycles. The van der Waals surface area contributed by atoms with Crippen molar-refractivity contribution in [3.63, 3.8) is 0 Å². The minimum Gasteiger partial charge on any atom is -0.311 e. The Balaban J connectivity index is 2.00. The summed E-state index contributed by atoms with van der Waals surface area (Å²) in [6, 6.07) is 4.15. The van der Waals surface area contributed by atoms with Crippen LogP contribution >= 0.6 is 23.1 Å². The van der Waals surface area contributed by atoms with Crippen molar-refractivity contribution in [3.8, 4) is 0 Å². The van der Waals surface area contributed by atoms with Gasteiger partial charge in [-0.05, 0) is 11.4 Å². The molecule has 0 saturated heterocycles. The van der Waals surface area contributed by atoms with E-state index in [9.17, 15) is 4.79 Å². The van der Waals surface area contributed by atoms with Gasteiger partial charge in [0.15, 0.2) is 5.62 Å². The third kappa shape index (κ3) is 3.90. The summed E-state index contributed by atoms with van der Waals surface area (Å²) in [5.74, 6) is 0.856. The van der Waals surface area contributed by atoms with E-state index in [0.717, 1.165) is 24.5 Å². The summed E-state index contributed by atoms with van der Waals surface area (Å²) in [4.78, 5) is 11.3. The smallest absolute Gasteiger partial charge is 0.176 e. The molecule has 0 spiro atoms. The fourth-order valence-corrected chi connectivity index (χ4v) is 1.84. The molecule has 1 rings (SSSR count). The molecular weight excluding hydrogens is 190 g/mol. The van der Waals surface area contributed by atoms with E-state index < -0.39 is 0 Å². The van der Waals surface area contributed by atoms with Crippen molar-refractivity contribution in [1.82, 2.24) is 5.32 Å². The fourth-order valence-electron chi connectivity index (χ4n) is 0.804. The number of thiophene rings is 1. The monoisotopic (exact) mass is 201 g/mol. The lowest BCUT2D eigenvalue weighted by molar-refractivity contribution is 0.570. The highest BCUT2D eigenvalue weighted by molar-refractivity contribution is 8.11. The molecule has 1 aromatic heterocycles. The molecule has 0 bridgehead atoms. The Labute approximate surface area is 80.4 Å². The molecule has 1 heterocycles. The molecule has 0 radical (unpaired) electrons. The second-order valence-corrected chi connectivity index (χ2v) is 4.19. The Morgan fingerprint density at radius 2 is 2.58 bits per heavy atom. The van der Waals surface area contributed by atoms with Crippen LogP contribution in [0.15, 0.2) is 17.5 Å². The molecule has 0 aliphatic heterocycles. The summed E-state index contributed by atoms with van der Waals surface area (Å²) in [5.41, 5.74) is 0.882. The van der Waals surface area contributed by atoms with Gasteiger partial charge in [-0.2, -0.15) is 0 Å². The van der Waals surface area contributed by atoms with Crippen LogP contribution in [-0.2, 0) is 11.3 Å². The third-order valence-corrected chi connectivity index (χ3v) is 2.80. The first kappa shape index (κ1) is 9.77. The van der Waals surface area contributed by atoms with Crippen LogP contribution in [0.25, 0.3) is 0 Å². The third-order valence-electron chi connectivity index (χ3n) is 1.34. The topological polar surface area (TPSA) is 29.1 Å². The summed E-state index contributed by atoms with van der Waals surface area (Å²) in [5, 5.41) is 5.32. The fraction of sp³-hybridized carbons (Fsp3) is 0.375. The van der Waals surface area contributed by atoms with Crippen LogP contribution in [0.2, 0.25) is 0 Å². The number of hydrogen-bond donors (Lipinski definition) is 1. The number of carbonyl (C=O) groups excluding carboxylic acids is 1. The molecule has 0 aromatic carbocycles. The average Bonchev–Trinajstić information content (AvgIpc) is 2.57.